The lowest BCUT2D eigenvalue weighted by atomic mass is 10.1. The van der Waals surface area contributed by atoms with Gasteiger partial charge in [0.25, 0.3) is 0 Å². The monoisotopic (exact) mass is 203 g/mol. The first-order valence-corrected chi connectivity index (χ1v) is 5.30. The third kappa shape index (κ3) is 4.91. The van der Waals surface area contributed by atoms with Crippen molar-refractivity contribution in [2.75, 3.05) is 46.6 Å². The number of rotatable bonds is 6. The summed E-state index contributed by atoms with van der Waals surface area (Å²) in [6, 6.07) is 0. The molecule has 84 valence electrons. The fraction of sp³-hybridized carbons (Fsp3) is 1.00. The maximum atomic E-state index is 9.29. The van der Waals surface area contributed by atoms with Gasteiger partial charge in [-0.3, -0.25) is 0 Å². The molecule has 0 aliphatic carbocycles. The minimum absolute atomic E-state index is 0.0827. The SMILES string of the molecule is COCCOCCN1CCC(O)CC1. The predicted molar refractivity (Wildman–Crippen MR) is 54.4 cm³/mol. The first kappa shape index (κ1) is 11.9. The van der Waals surface area contributed by atoms with Crippen LogP contribution in [0.1, 0.15) is 12.8 Å². The quantitative estimate of drug-likeness (QED) is 0.622. The smallest absolute Gasteiger partial charge is 0.0700 e. The first-order valence-electron chi connectivity index (χ1n) is 5.30. The Morgan fingerprint density at radius 1 is 1.21 bits per heavy atom. The van der Waals surface area contributed by atoms with E-state index >= 15 is 0 Å². The largest absolute Gasteiger partial charge is 0.393 e. The Labute approximate surface area is 85.8 Å². The van der Waals surface area contributed by atoms with Gasteiger partial charge in [-0.1, -0.05) is 0 Å². The van der Waals surface area contributed by atoms with Crippen molar-refractivity contribution in [1.82, 2.24) is 4.90 Å². The van der Waals surface area contributed by atoms with Crippen molar-refractivity contribution in [3.8, 4) is 0 Å². The highest BCUT2D eigenvalue weighted by Gasteiger charge is 2.15. The zero-order valence-corrected chi connectivity index (χ0v) is 8.95. The molecule has 0 amide bonds. The number of likely N-dealkylation sites (tertiary alicyclic amines) is 1. The molecule has 1 aliphatic heterocycles. The van der Waals surface area contributed by atoms with Gasteiger partial charge in [0.2, 0.25) is 0 Å². The van der Waals surface area contributed by atoms with Crippen molar-refractivity contribution in [3.63, 3.8) is 0 Å². The molecule has 0 radical (unpaired) electrons. The van der Waals surface area contributed by atoms with Gasteiger partial charge >= 0.3 is 0 Å². The first-order chi connectivity index (χ1) is 6.83. The Morgan fingerprint density at radius 3 is 2.57 bits per heavy atom. The van der Waals surface area contributed by atoms with Crippen molar-refractivity contribution in [2.24, 2.45) is 0 Å². The fourth-order valence-electron chi connectivity index (χ4n) is 1.58. The second-order valence-corrected chi connectivity index (χ2v) is 3.68. The van der Waals surface area contributed by atoms with E-state index < -0.39 is 0 Å². The molecular formula is C10H21NO3. The fourth-order valence-corrected chi connectivity index (χ4v) is 1.58. The number of hydrogen-bond donors (Lipinski definition) is 1. The van der Waals surface area contributed by atoms with Crippen LogP contribution in [0.2, 0.25) is 0 Å². The van der Waals surface area contributed by atoms with E-state index in [1.165, 1.54) is 0 Å². The van der Waals surface area contributed by atoms with Crippen LogP contribution in [0.5, 0.6) is 0 Å². The zero-order chi connectivity index (χ0) is 10.2. The lowest BCUT2D eigenvalue weighted by Gasteiger charge is -2.29. The Hall–Kier alpha value is -0.160. The average Bonchev–Trinajstić information content (AvgIpc) is 2.21. The lowest BCUT2D eigenvalue weighted by molar-refractivity contribution is 0.0379. The second-order valence-electron chi connectivity index (χ2n) is 3.68. The number of methoxy groups -OCH3 is 1. The van der Waals surface area contributed by atoms with E-state index in [1.807, 2.05) is 0 Å². The van der Waals surface area contributed by atoms with Gasteiger partial charge in [0.15, 0.2) is 0 Å². The van der Waals surface area contributed by atoms with Crippen LogP contribution in [-0.2, 0) is 9.47 Å². The van der Waals surface area contributed by atoms with Crippen molar-refractivity contribution < 1.29 is 14.6 Å². The van der Waals surface area contributed by atoms with E-state index in [0.29, 0.717) is 13.2 Å². The summed E-state index contributed by atoms with van der Waals surface area (Å²) < 4.78 is 10.3. The molecule has 14 heavy (non-hydrogen) atoms. The lowest BCUT2D eigenvalue weighted by Crippen LogP contribution is -2.37. The summed E-state index contributed by atoms with van der Waals surface area (Å²) in [5, 5.41) is 9.29. The molecule has 1 aliphatic rings. The molecule has 4 heteroatoms. The highest BCUT2D eigenvalue weighted by molar-refractivity contribution is 4.70. The van der Waals surface area contributed by atoms with Gasteiger partial charge in [-0.05, 0) is 12.8 Å². The Balaban J connectivity index is 1.91. The third-order valence-corrected chi connectivity index (χ3v) is 2.54. The molecule has 1 N–H and O–H groups in total. The normalized spacial score (nSPS) is 20.1. The van der Waals surface area contributed by atoms with Crippen LogP contribution < -0.4 is 0 Å². The maximum Gasteiger partial charge on any atom is 0.0700 e. The Bertz CT molecular complexity index is 135. The molecule has 0 atom stereocenters. The minimum atomic E-state index is -0.0827. The summed E-state index contributed by atoms with van der Waals surface area (Å²) in [4.78, 5) is 2.33. The number of piperidine rings is 1. The molecule has 0 saturated carbocycles. The summed E-state index contributed by atoms with van der Waals surface area (Å²) >= 11 is 0. The topological polar surface area (TPSA) is 41.9 Å². The van der Waals surface area contributed by atoms with E-state index in [-0.39, 0.29) is 6.10 Å². The molecule has 1 fully saturated rings. The van der Waals surface area contributed by atoms with Gasteiger partial charge in [-0.25, -0.2) is 0 Å². The van der Waals surface area contributed by atoms with Gasteiger partial charge in [-0.15, -0.1) is 0 Å². The van der Waals surface area contributed by atoms with Crippen LogP contribution in [0.4, 0.5) is 0 Å². The van der Waals surface area contributed by atoms with Crippen LogP contribution in [-0.4, -0.2) is 62.7 Å². The Morgan fingerprint density at radius 2 is 1.93 bits per heavy atom. The number of hydrogen-bond acceptors (Lipinski definition) is 4. The highest BCUT2D eigenvalue weighted by Crippen LogP contribution is 2.08. The standard InChI is InChI=1S/C10H21NO3/c1-13-8-9-14-7-6-11-4-2-10(12)3-5-11/h10,12H,2-9H2,1H3. The molecule has 4 nitrogen and oxygen atoms in total. The summed E-state index contributed by atoms with van der Waals surface area (Å²) in [7, 11) is 1.68. The van der Waals surface area contributed by atoms with E-state index in [9.17, 15) is 5.11 Å². The van der Waals surface area contributed by atoms with Crippen LogP contribution in [0.15, 0.2) is 0 Å². The number of nitrogens with zero attached hydrogens (tertiary/aromatic N) is 1. The highest BCUT2D eigenvalue weighted by atomic mass is 16.5. The summed E-state index contributed by atoms with van der Waals surface area (Å²) in [5.74, 6) is 0. The molecule has 0 bridgehead atoms. The van der Waals surface area contributed by atoms with Gasteiger partial charge in [0.05, 0.1) is 25.9 Å². The van der Waals surface area contributed by atoms with Crippen molar-refractivity contribution in [3.05, 3.63) is 0 Å². The zero-order valence-electron chi connectivity index (χ0n) is 8.95. The predicted octanol–water partition coefficient (Wildman–Crippen LogP) is 0.106. The van der Waals surface area contributed by atoms with Gasteiger partial charge < -0.3 is 19.5 Å². The molecule has 0 spiro atoms. The second kappa shape index (κ2) is 7.17. The Kier molecular flexibility index (Phi) is 6.10. The van der Waals surface area contributed by atoms with Crippen LogP contribution in [0.25, 0.3) is 0 Å². The molecule has 0 aromatic rings. The number of ether oxygens (including phenoxy) is 2. The number of aliphatic hydroxyl groups is 1. The third-order valence-electron chi connectivity index (χ3n) is 2.54. The van der Waals surface area contributed by atoms with Crippen LogP contribution in [0.3, 0.4) is 0 Å². The summed E-state index contributed by atoms with van der Waals surface area (Å²) in [6.07, 6.45) is 1.72. The molecule has 1 rings (SSSR count). The van der Waals surface area contributed by atoms with Crippen molar-refractivity contribution in [2.45, 2.75) is 18.9 Å². The molecular weight excluding hydrogens is 182 g/mol. The van der Waals surface area contributed by atoms with Crippen LogP contribution in [0, 0.1) is 0 Å². The molecule has 1 saturated heterocycles. The maximum absolute atomic E-state index is 9.29. The average molecular weight is 203 g/mol. The van der Waals surface area contributed by atoms with E-state index in [0.717, 1.165) is 39.1 Å². The summed E-state index contributed by atoms with van der Waals surface area (Å²) in [5.41, 5.74) is 0. The van der Waals surface area contributed by atoms with Gasteiger partial charge in [0, 0.05) is 26.7 Å². The van der Waals surface area contributed by atoms with E-state index in [1.54, 1.807) is 7.11 Å². The molecule has 1 heterocycles. The van der Waals surface area contributed by atoms with Gasteiger partial charge in [0.1, 0.15) is 0 Å². The molecule has 0 aromatic heterocycles. The molecule has 0 aromatic carbocycles. The van der Waals surface area contributed by atoms with Gasteiger partial charge in [-0.2, -0.15) is 0 Å². The van der Waals surface area contributed by atoms with E-state index in [4.69, 9.17) is 9.47 Å². The van der Waals surface area contributed by atoms with Crippen molar-refractivity contribution in [1.29, 1.82) is 0 Å². The summed E-state index contributed by atoms with van der Waals surface area (Å²) in [6.45, 7) is 5.06. The minimum Gasteiger partial charge on any atom is -0.393 e. The van der Waals surface area contributed by atoms with E-state index in [2.05, 4.69) is 4.90 Å². The van der Waals surface area contributed by atoms with Crippen LogP contribution >= 0.6 is 0 Å². The van der Waals surface area contributed by atoms with Crippen molar-refractivity contribution >= 4 is 0 Å². The molecule has 0 unspecified atom stereocenters. The number of aliphatic hydroxyl groups excluding tert-OH is 1.